The van der Waals surface area contributed by atoms with E-state index in [1.807, 2.05) is 42.5 Å². The summed E-state index contributed by atoms with van der Waals surface area (Å²) in [6, 6.07) is 16.4. The Balaban J connectivity index is 1.77. The predicted molar refractivity (Wildman–Crippen MR) is 98.2 cm³/mol. The van der Waals surface area contributed by atoms with Gasteiger partial charge in [0.2, 0.25) is 5.91 Å². The number of likely N-dealkylation sites (N-methyl/N-ethyl adjacent to an activating group) is 1. The molecule has 0 spiro atoms. The highest BCUT2D eigenvalue weighted by molar-refractivity contribution is 6.02. The van der Waals surface area contributed by atoms with Crippen molar-refractivity contribution < 1.29 is 9.59 Å². The van der Waals surface area contributed by atoms with Crippen LogP contribution in [-0.4, -0.2) is 36.3 Å². The van der Waals surface area contributed by atoms with Crippen LogP contribution in [-0.2, 0) is 11.3 Å². The highest BCUT2D eigenvalue weighted by Crippen LogP contribution is 2.24. The lowest BCUT2D eigenvalue weighted by Crippen LogP contribution is -2.53. The molecule has 1 saturated heterocycles. The van der Waals surface area contributed by atoms with E-state index in [0.29, 0.717) is 25.1 Å². The van der Waals surface area contributed by atoms with E-state index in [9.17, 15) is 9.59 Å². The maximum Gasteiger partial charge on any atom is 0.254 e. The Kier molecular flexibility index (Phi) is 5.14. The molecule has 1 fully saturated rings. The lowest BCUT2D eigenvalue weighted by molar-refractivity contribution is -0.124. The average molecular weight is 337 g/mol. The van der Waals surface area contributed by atoms with E-state index < -0.39 is 6.04 Å². The summed E-state index contributed by atoms with van der Waals surface area (Å²) in [5, 5.41) is 0. The SMILES string of the molecule is CN(C(=O)c1ccc(CN)cc1)C1CCCN(c2ccccc2)C1=O. The number of nitrogens with zero attached hydrogens (tertiary/aromatic N) is 2. The molecule has 0 bridgehead atoms. The first-order chi connectivity index (χ1) is 12.1. The standard InChI is InChI=1S/C20H23N3O2/c1-22(19(24)16-11-9-15(14-21)10-12-16)18-8-5-13-23(20(18)25)17-6-3-2-4-7-17/h2-4,6-7,9-12,18H,5,8,13-14,21H2,1H3. The summed E-state index contributed by atoms with van der Waals surface area (Å²) in [5.74, 6) is -0.163. The number of para-hydroxylation sites is 1. The number of carbonyl (C=O) groups excluding carboxylic acids is 2. The summed E-state index contributed by atoms with van der Waals surface area (Å²) in [4.78, 5) is 29.0. The van der Waals surface area contributed by atoms with Gasteiger partial charge in [0.1, 0.15) is 6.04 Å². The molecule has 1 atom stereocenters. The first-order valence-corrected chi connectivity index (χ1v) is 8.54. The molecule has 130 valence electrons. The van der Waals surface area contributed by atoms with Gasteiger partial charge in [0.05, 0.1) is 0 Å². The van der Waals surface area contributed by atoms with Crippen molar-refractivity contribution in [3.63, 3.8) is 0 Å². The van der Waals surface area contributed by atoms with Gasteiger partial charge in [-0.2, -0.15) is 0 Å². The van der Waals surface area contributed by atoms with Crippen LogP contribution in [0.5, 0.6) is 0 Å². The number of hydrogen-bond donors (Lipinski definition) is 1. The molecule has 5 nitrogen and oxygen atoms in total. The minimum Gasteiger partial charge on any atom is -0.330 e. The first kappa shape index (κ1) is 17.2. The van der Waals surface area contributed by atoms with Gasteiger partial charge in [0, 0.05) is 31.4 Å². The van der Waals surface area contributed by atoms with Crippen LogP contribution in [0.15, 0.2) is 54.6 Å². The van der Waals surface area contributed by atoms with Gasteiger partial charge in [-0.05, 0) is 42.7 Å². The zero-order chi connectivity index (χ0) is 17.8. The highest BCUT2D eigenvalue weighted by Gasteiger charge is 2.34. The molecule has 1 aliphatic rings. The van der Waals surface area contributed by atoms with E-state index in [2.05, 4.69) is 0 Å². The third kappa shape index (κ3) is 3.56. The Morgan fingerprint density at radius 2 is 1.84 bits per heavy atom. The Hall–Kier alpha value is -2.66. The summed E-state index contributed by atoms with van der Waals surface area (Å²) in [6.07, 6.45) is 1.56. The molecule has 0 aliphatic carbocycles. The van der Waals surface area contributed by atoms with Crippen molar-refractivity contribution in [1.82, 2.24) is 4.90 Å². The van der Waals surface area contributed by atoms with Crippen LogP contribution in [0.1, 0.15) is 28.8 Å². The summed E-state index contributed by atoms with van der Waals surface area (Å²) < 4.78 is 0. The molecule has 1 heterocycles. The van der Waals surface area contributed by atoms with Crippen LogP contribution in [0.4, 0.5) is 5.69 Å². The molecule has 25 heavy (non-hydrogen) atoms. The summed E-state index contributed by atoms with van der Waals surface area (Å²) >= 11 is 0. The molecule has 0 radical (unpaired) electrons. The molecular weight excluding hydrogens is 314 g/mol. The quantitative estimate of drug-likeness (QED) is 0.932. The lowest BCUT2D eigenvalue weighted by Gasteiger charge is -2.36. The number of hydrogen-bond acceptors (Lipinski definition) is 3. The van der Waals surface area contributed by atoms with Crippen molar-refractivity contribution in [2.45, 2.75) is 25.4 Å². The van der Waals surface area contributed by atoms with Gasteiger partial charge in [-0.15, -0.1) is 0 Å². The number of rotatable bonds is 4. The molecule has 3 rings (SSSR count). The van der Waals surface area contributed by atoms with Crippen LogP contribution in [0, 0.1) is 0 Å². The second-order valence-electron chi connectivity index (χ2n) is 6.30. The van der Waals surface area contributed by atoms with Crippen molar-refractivity contribution in [1.29, 1.82) is 0 Å². The second-order valence-corrected chi connectivity index (χ2v) is 6.30. The lowest BCUT2D eigenvalue weighted by atomic mass is 10.0. The van der Waals surface area contributed by atoms with Crippen LogP contribution >= 0.6 is 0 Å². The zero-order valence-corrected chi connectivity index (χ0v) is 14.4. The van der Waals surface area contributed by atoms with Crippen molar-refractivity contribution in [3.05, 3.63) is 65.7 Å². The van der Waals surface area contributed by atoms with E-state index in [1.54, 1.807) is 29.0 Å². The zero-order valence-electron chi connectivity index (χ0n) is 14.4. The topological polar surface area (TPSA) is 66.6 Å². The summed E-state index contributed by atoms with van der Waals surface area (Å²) in [5.41, 5.74) is 8.02. The Labute approximate surface area is 148 Å². The molecule has 2 aromatic carbocycles. The normalized spacial score (nSPS) is 17.4. The van der Waals surface area contributed by atoms with E-state index in [4.69, 9.17) is 5.73 Å². The fraction of sp³-hybridized carbons (Fsp3) is 0.300. The fourth-order valence-electron chi connectivity index (χ4n) is 3.21. The Morgan fingerprint density at radius 3 is 2.48 bits per heavy atom. The molecule has 0 aromatic heterocycles. The molecule has 1 unspecified atom stereocenters. The molecule has 1 aliphatic heterocycles. The number of carbonyl (C=O) groups is 2. The molecule has 2 N–H and O–H groups in total. The minimum absolute atomic E-state index is 0.0214. The highest BCUT2D eigenvalue weighted by atomic mass is 16.2. The third-order valence-corrected chi connectivity index (χ3v) is 4.70. The average Bonchev–Trinajstić information content (AvgIpc) is 2.68. The van der Waals surface area contributed by atoms with Gasteiger partial charge in [0.15, 0.2) is 0 Å². The van der Waals surface area contributed by atoms with Gasteiger partial charge in [-0.3, -0.25) is 9.59 Å². The largest absolute Gasteiger partial charge is 0.330 e. The van der Waals surface area contributed by atoms with E-state index in [-0.39, 0.29) is 11.8 Å². The van der Waals surface area contributed by atoms with E-state index in [0.717, 1.165) is 17.7 Å². The molecule has 0 saturated carbocycles. The minimum atomic E-state index is -0.435. The van der Waals surface area contributed by atoms with Gasteiger partial charge < -0.3 is 15.5 Å². The number of anilines is 1. The number of nitrogens with two attached hydrogens (primary N) is 1. The van der Waals surface area contributed by atoms with Gasteiger partial charge >= 0.3 is 0 Å². The predicted octanol–water partition coefficient (Wildman–Crippen LogP) is 2.41. The van der Waals surface area contributed by atoms with Crippen molar-refractivity contribution in [2.75, 3.05) is 18.5 Å². The smallest absolute Gasteiger partial charge is 0.254 e. The monoisotopic (exact) mass is 337 g/mol. The van der Waals surface area contributed by atoms with Gasteiger partial charge in [-0.1, -0.05) is 30.3 Å². The Morgan fingerprint density at radius 1 is 1.16 bits per heavy atom. The molecule has 5 heteroatoms. The van der Waals surface area contributed by atoms with Crippen LogP contribution in [0.25, 0.3) is 0 Å². The maximum atomic E-state index is 12.9. The van der Waals surface area contributed by atoms with Crippen LogP contribution in [0.3, 0.4) is 0 Å². The maximum absolute atomic E-state index is 12.9. The Bertz CT molecular complexity index is 743. The number of benzene rings is 2. The van der Waals surface area contributed by atoms with E-state index in [1.165, 1.54) is 0 Å². The van der Waals surface area contributed by atoms with Crippen molar-refractivity contribution >= 4 is 17.5 Å². The van der Waals surface area contributed by atoms with Crippen LogP contribution < -0.4 is 10.6 Å². The molecule has 2 aromatic rings. The molecule has 2 amide bonds. The summed E-state index contributed by atoms with van der Waals surface area (Å²) in [6.45, 7) is 1.13. The number of amides is 2. The third-order valence-electron chi connectivity index (χ3n) is 4.70. The van der Waals surface area contributed by atoms with Gasteiger partial charge in [-0.25, -0.2) is 0 Å². The summed E-state index contributed by atoms with van der Waals surface area (Å²) in [7, 11) is 1.70. The van der Waals surface area contributed by atoms with Crippen molar-refractivity contribution in [2.24, 2.45) is 5.73 Å². The second kappa shape index (κ2) is 7.49. The van der Waals surface area contributed by atoms with Gasteiger partial charge in [0.25, 0.3) is 5.91 Å². The van der Waals surface area contributed by atoms with Crippen molar-refractivity contribution in [3.8, 4) is 0 Å². The molecular formula is C20H23N3O2. The first-order valence-electron chi connectivity index (χ1n) is 8.54. The van der Waals surface area contributed by atoms with E-state index >= 15 is 0 Å². The fourth-order valence-corrected chi connectivity index (χ4v) is 3.21. The van der Waals surface area contributed by atoms with Crippen LogP contribution in [0.2, 0.25) is 0 Å². The number of piperidine rings is 1.